The fourth-order valence-electron chi connectivity index (χ4n) is 1.86. The maximum atomic E-state index is 10.8. The van der Waals surface area contributed by atoms with Crippen LogP contribution in [0.5, 0.6) is 5.75 Å². The van der Waals surface area contributed by atoms with Gasteiger partial charge in [0.2, 0.25) is 5.76 Å². The summed E-state index contributed by atoms with van der Waals surface area (Å²) < 4.78 is 5.16. The van der Waals surface area contributed by atoms with Crippen molar-refractivity contribution in [1.82, 2.24) is 0 Å². The molecule has 0 aliphatic heterocycles. The summed E-state index contributed by atoms with van der Waals surface area (Å²) in [5.41, 5.74) is 1.65. The topological polar surface area (TPSA) is 73.9 Å². The van der Waals surface area contributed by atoms with Crippen molar-refractivity contribution in [3.8, 4) is 5.75 Å². The Balaban J connectivity index is 2.19. The number of aryl methyl sites for hydroxylation is 1. The normalized spacial score (nSPS) is 10.4. The number of benzene rings is 1. The van der Waals surface area contributed by atoms with Gasteiger partial charge in [0.25, 0.3) is 0 Å². The van der Waals surface area contributed by atoms with Gasteiger partial charge in [0, 0.05) is 30.9 Å². The van der Waals surface area contributed by atoms with Crippen LogP contribution in [0.3, 0.4) is 0 Å². The molecule has 5 nitrogen and oxygen atoms in total. The smallest absolute Gasteiger partial charge is 0.371 e. The average molecular weight is 261 g/mol. The average Bonchev–Trinajstić information content (AvgIpc) is 2.71. The number of phenolic OH excluding ortho intramolecular Hbond substituents is 1. The first-order chi connectivity index (χ1) is 8.97. The van der Waals surface area contributed by atoms with E-state index < -0.39 is 5.97 Å². The van der Waals surface area contributed by atoms with Gasteiger partial charge in [-0.15, -0.1) is 0 Å². The Bertz CT molecular complexity index is 603. The van der Waals surface area contributed by atoms with Gasteiger partial charge in [-0.25, -0.2) is 4.79 Å². The predicted octanol–water partition coefficient (Wildman–Crippen LogP) is 2.63. The van der Waals surface area contributed by atoms with Gasteiger partial charge in [0.15, 0.2) is 0 Å². The Morgan fingerprint density at radius 3 is 2.68 bits per heavy atom. The predicted molar refractivity (Wildman–Crippen MR) is 70.6 cm³/mol. The third-order valence-electron chi connectivity index (χ3n) is 2.91. The highest BCUT2D eigenvalue weighted by Crippen LogP contribution is 2.22. The first kappa shape index (κ1) is 13.0. The number of carboxylic acids is 1. The summed E-state index contributed by atoms with van der Waals surface area (Å²) in [5.74, 6) is -0.352. The van der Waals surface area contributed by atoms with Crippen LogP contribution in [0.4, 0.5) is 5.69 Å². The van der Waals surface area contributed by atoms with Gasteiger partial charge in [0.1, 0.15) is 11.5 Å². The molecular formula is C14H15NO4. The molecule has 0 bridgehead atoms. The van der Waals surface area contributed by atoms with Crippen LogP contribution < -0.4 is 4.90 Å². The molecule has 0 fully saturated rings. The fourth-order valence-corrected chi connectivity index (χ4v) is 1.86. The summed E-state index contributed by atoms with van der Waals surface area (Å²) in [7, 11) is 1.86. The molecule has 0 unspecified atom stereocenters. The molecule has 0 aliphatic carbocycles. The Kier molecular flexibility index (Phi) is 3.46. The molecule has 0 atom stereocenters. The standard InChI is InChI=1S/C14H15NO4/c1-9-10(6-13(19-9)14(17)18)8-15(2)11-4-3-5-12(16)7-11/h3-7,16H,8H2,1-2H3,(H,17,18). The number of phenols is 1. The summed E-state index contributed by atoms with van der Waals surface area (Å²) in [5, 5.41) is 18.3. The Labute approximate surface area is 110 Å². The van der Waals surface area contributed by atoms with E-state index in [0.29, 0.717) is 12.3 Å². The van der Waals surface area contributed by atoms with Gasteiger partial charge >= 0.3 is 5.97 Å². The molecule has 2 aromatic rings. The number of aromatic hydroxyl groups is 1. The van der Waals surface area contributed by atoms with E-state index in [1.807, 2.05) is 18.0 Å². The van der Waals surface area contributed by atoms with E-state index in [4.69, 9.17) is 9.52 Å². The molecular weight excluding hydrogens is 246 g/mol. The number of aromatic carboxylic acids is 1. The number of anilines is 1. The van der Waals surface area contributed by atoms with Crippen molar-refractivity contribution in [3.05, 3.63) is 47.4 Å². The number of hydrogen-bond acceptors (Lipinski definition) is 4. The molecule has 1 heterocycles. The summed E-state index contributed by atoms with van der Waals surface area (Å²) in [6.07, 6.45) is 0. The maximum Gasteiger partial charge on any atom is 0.371 e. The Hall–Kier alpha value is -2.43. The van der Waals surface area contributed by atoms with Crippen molar-refractivity contribution in [3.63, 3.8) is 0 Å². The van der Waals surface area contributed by atoms with Gasteiger partial charge in [-0.1, -0.05) is 6.07 Å². The summed E-state index contributed by atoms with van der Waals surface area (Å²) >= 11 is 0. The van der Waals surface area contributed by atoms with Crippen LogP contribution in [0.25, 0.3) is 0 Å². The van der Waals surface area contributed by atoms with Crippen LogP contribution in [-0.4, -0.2) is 23.2 Å². The highest BCUT2D eigenvalue weighted by Gasteiger charge is 2.14. The Morgan fingerprint density at radius 1 is 1.37 bits per heavy atom. The third kappa shape index (κ3) is 2.88. The zero-order valence-corrected chi connectivity index (χ0v) is 10.8. The molecule has 0 saturated heterocycles. The Morgan fingerprint density at radius 2 is 2.11 bits per heavy atom. The van der Waals surface area contributed by atoms with E-state index in [1.54, 1.807) is 25.1 Å². The zero-order valence-electron chi connectivity index (χ0n) is 10.8. The van der Waals surface area contributed by atoms with Crippen molar-refractivity contribution in [2.24, 2.45) is 0 Å². The van der Waals surface area contributed by atoms with E-state index in [1.165, 1.54) is 6.07 Å². The molecule has 1 aromatic heterocycles. The highest BCUT2D eigenvalue weighted by atomic mass is 16.4. The minimum absolute atomic E-state index is 0.0585. The van der Waals surface area contributed by atoms with E-state index in [2.05, 4.69) is 0 Å². The molecule has 100 valence electrons. The van der Waals surface area contributed by atoms with Crippen molar-refractivity contribution < 1.29 is 19.4 Å². The van der Waals surface area contributed by atoms with Crippen LogP contribution >= 0.6 is 0 Å². The van der Waals surface area contributed by atoms with Gasteiger partial charge < -0.3 is 19.5 Å². The SMILES string of the molecule is Cc1oc(C(=O)O)cc1CN(C)c1cccc(O)c1. The molecule has 2 rings (SSSR count). The summed E-state index contributed by atoms with van der Waals surface area (Å²) in [4.78, 5) is 12.7. The van der Waals surface area contributed by atoms with Crippen molar-refractivity contribution in [2.45, 2.75) is 13.5 Å². The van der Waals surface area contributed by atoms with E-state index in [-0.39, 0.29) is 11.5 Å². The first-order valence-corrected chi connectivity index (χ1v) is 5.80. The van der Waals surface area contributed by atoms with Crippen LogP contribution in [0, 0.1) is 6.92 Å². The minimum atomic E-state index is -1.07. The minimum Gasteiger partial charge on any atom is -0.508 e. The van der Waals surface area contributed by atoms with Crippen molar-refractivity contribution >= 4 is 11.7 Å². The van der Waals surface area contributed by atoms with Gasteiger partial charge in [-0.3, -0.25) is 0 Å². The lowest BCUT2D eigenvalue weighted by Gasteiger charge is -2.18. The second-order valence-corrected chi connectivity index (χ2v) is 4.37. The zero-order chi connectivity index (χ0) is 14.0. The number of nitrogens with zero attached hydrogens (tertiary/aromatic N) is 1. The highest BCUT2D eigenvalue weighted by molar-refractivity contribution is 5.84. The largest absolute Gasteiger partial charge is 0.508 e. The molecule has 19 heavy (non-hydrogen) atoms. The molecule has 5 heteroatoms. The van der Waals surface area contributed by atoms with Crippen molar-refractivity contribution in [2.75, 3.05) is 11.9 Å². The molecule has 0 spiro atoms. The number of rotatable bonds is 4. The lowest BCUT2D eigenvalue weighted by molar-refractivity contribution is 0.0661. The van der Waals surface area contributed by atoms with Gasteiger partial charge in [0.05, 0.1) is 0 Å². The third-order valence-corrected chi connectivity index (χ3v) is 2.91. The lowest BCUT2D eigenvalue weighted by Crippen LogP contribution is -2.16. The van der Waals surface area contributed by atoms with E-state index >= 15 is 0 Å². The monoisotopic (exact) mass is 261 g/mol. The second kappa shape index (κ2) is 5.06. The summed E-state index contributed by atoms with van der Waals surface area (Å²) in [6.45, 7) is 2.24. The number of carbonyl (C=O) groups is 1. The lowest BCUT2D eigenvalue weighted by atomic mass is 10.2. The maximum absolute atomic E-state index is 10.8. The van der Waals surface area contributed by atoms with Gasteiger partial charge in [-0.05, 0) is 25.1 Å². The second-order valence-electron chi connectivity index (χ2n) is 4.37. The molecule has 2 N–H and O–H groups in total. The first-order valence-electron chi connectivity index (χ1n) is 5.80. The number of furan rings is 1. The fraction of sp³-hybridized carbons (Fsp3) is 0.214. The van der Waals surface area contributed by atoms with Crippen LogP contribution in [-0.2, 0) is 6.54 Å². The molecule has 0 radical (unpaired) electrons. The van der Waals surface area contributed by atoms with Crippen molar-refractivity contribution in [1.29, 1.82) is 0 Å². The van der Waals surface area contributed by atoms with E-state index in [0.717, 1.165) is 11.3 Å². The number of hydrogen-bond donors (Lipinski definition) is 2. The quantitative estimate of drug-likeness (QED) is 0.885. The summed E-state index contributed by atoms with van der Waals surface area (Å²) in [6, 6.07) is 8.40. The molecule has 0 amide bonds. The van der Waals surface area contributed by atoms with Crippen LogP contribution in [0.2, 0.25) is 0 Å². The molecule has 0 saturated carbocycles. The van der Waals surface area contributed by atoms with Crippen LogP contribution in [0.1, 0.15) is 21.9 Å². The number of carboxylic acid groups (broad SMARTS) is 1. The molecule has 1 aromatic carbocycles. The van der Waals surface area contributed by atoms with Crippen LogP contribution in [0.15, 0.2) is 34.7 Å². The van der Waals surface area contributed by atoms with E-state index in [9.17, 15) is 9.90 Å². The van der Waals surface area contributed by atoms with Gasteiger partial charge in [-0.2, -0.15) is 0 Å². The molecule has 0 aliphatic rings.